The van der Waals surface area contributed by atoms with Gasteiger partial charge in [0.1, 0.15) is 17.0 Å². The number of carbonyl (C=O) groups excluding carboxylic acids is 1. The smallest absolute Gasteiger partial charge is 0.280 e. The fourth-order valence-corrected chi connectivity index (χ4v) is 3.14. The van der Waals surface area contributed by atoms with Gasteiger partial charge in [0.25, 0.3) is 18.0 Å². The number of ether oxygens (including phenoxy) is 1. The van der Waals surface area contributed by atoms with Crippen molar-refractivity contribution in [2.75, 3.05) is 12.4 Å². The summed E-state index contributed by atoms with van der Waals surface area (Å²) in [6.45, 7) is 0. The first-order valence-electron chi connectivity index (χ1n) is 9.24. The van der Waals surface area contributed by atoms with E-state index in [0.717, 1.165) is 16.8 Å². The summed E-state index contributed by atoms with van der Waals surface area (Å²) in [4.78, 5) is 27.8. The second-order valence-electron chi connectivity index (χ2n) is 6.66. The van der Waals surface area contributed by atoms with E-state index in [1.54, 1.807) is 30.3 Å². The van der Waals surface area contributed by atoms with Gasteiger partial charge in [0.2, 0.25) is 0 Å². The van der Waals surface area contributed by atoms with Crippen molar-refractivity contribution in [3.05, 3.63) is 82.2 Å². The molecule has 162 valence electrons. The molecule has 0 radical (unpaired) electrons. The highest BCUT2D eigenvalue weighted by Gasteiger charge is 2.22. The summed E-state index contributed by atoms with van der Waals surface area (Å²) in [5.41, 5.74) is 0.0714. The predicted octanol–water partition coefficient (Wildman–Crippen LogP) is 4.50. The Kier molecular flexibility index (Phi) is 5.46. The Balaban J connectivity index is 1.78. The number of rotatable bonds is 6. The van der Waals surface area contributed by atoms with Crippen LogP contribution in [-0.4, -0.2) is 32.5 Å². The minimum atomic E-state index is -2.86. The van der Waals surface area contributed by atoms with Crippen LogP contribution in [0.15, 0.2) is 60.8 Å². The molecule has 1 N–H and O–H groups in total. The molecule has 0 saturated heterocycles. The highest BCUT2D eigenvalue weighted by molar-refractivity contribution is 6.08. The van der Waals surface area contributed by atoms with E-state index in [2.05, 4.69) is 15.4 Å². The molecule has 32 heavy (non-hydrogen) atoms. The van der Waals surface area contributed by atoms with E-state index < -0.39 is 22.9 Å². The Bertz CT molecular complexity index is 1320. The lowest BCUT2D eigenvalue weighted by Crippen LogP contribution is -2.13. The normalized spacial score (nSPS) is 11.0. The molecule has 0 saturated carbocycles. The molecule has 0 spiro atoms. The van der Waals surface area contributed by atoms with Crippen molar-refractivity contribution in [3.8, 4) is 17.0 Å². The number of nitro groups is 1. The lowest BCUT2D eigenvalue weighted by Gasteiger charge is -2.09. The summed E-state index contributed by atoms with van der Waals surface area (Å²) in [5, 5.41) is 17.5. The van der Waals surface area contributed by atoms with Crippen LogP contribution in [0.4, 0.5) is 20.2 Å². The van der Waals surface area contributed by atoms with Crippen LogP contribution in [0, 0.1) is 10.1 Å². The summed E-state index contributed by atoms with van der Waals surface area (Å²) in [5.74, 6) is -0.556. The third kappa shape index (κ3) is 3.95. The monoisotopic (exact) mass is 439 g/mol. The molecule has 9 nitrogen and oxygen atoms in total. The van der Waals surface area contributed by atoms with E-state index in [1.807, 2.05) is 0 Å². The number of benzene rings is 2. The first kappa shape index (κ1) is 20.8. The number of hydrogen-bond donors (Lipinski definition) is 1. The summed E-state index contributed by atoms with van der Waals surface area (Å²) in [6, 6.07) is 13.6. The minimum absolute atomic E-state index is 0.0726. The lowest BCUT2D eigenvalue weighted by atomic mass is 10.1. The molecule has 4 rings (SSSR count). The van der Waals surface area contributed by atoms with Crippen molar-refractivity contribution >= 4 is 22.9 Å². The zero-order chi connectivity index (χ0) is 22.8. The largest absolute Gasteiger partial charge is 0.496 e. The van der Waals surface area contributed by atoms with Crippen LogP contribution in [0.3, 0.4) is 0 Å². The van der Waals surface area contributed by atoms with E-state index in [-0.39, 0.29) is 34.0 Å². The average molecular weight is 439 g/mol. The highest BCUT2D eigenvalue weighted by Crippen LogP contribution is 2.28. The fraction of sp³-hybridized carbons (Fsp3) is 0.0952. The summed E-state index contributed by atoms with van der Waals surface area (Å²) in [7, 11) is 1.33. The zero-order valence-corrected chi connectivity index (χ0v) is 16.5. The Morgan fingerprint density at radius 3 is 2.59 bits per heavy atom. The molecule has 0 fully saturated rings. The standard InChI is InChI=1S/C21H15F2N5O4/c1-32-15-8-13(7-14(9-15)28(30)31)25-21(29)16-11-24-27-18(19(22)23)10-17(26-20(16)27)12-5-3-2-4-6-12/h2-11,19H,1H3,(H,25,29). The molecule has 0 unspecified atom stereocenters. The van der Waals surface area contributed by atoms with Crippen LogP contribution in [0.2, 0.25) is 0 Å². The van der Waals surface area contributed by atoms with Crippen molar-refractivity contribution in [1.29, 1.82) is 0 Å². The van der Waals surface area contributed by atoms with E-state index >= 15 is 0 Å². The molecule has 11 heteroatoms. The molecule has 0 bridgehead atoms. The first-order chi connectivity index (χ1) is 15.4. The third-order valence-electron chi connectivity index (χ3n) is 4.63. The van der Waals surface area contributed by atoms with Gasteiger partial charge in [-0.2, -0.15) is 5.10 Å². The number of anilines is 1. The first-order valence-corrected chi connectivity index (χ1v) is 9.24. The average Bonchev–Trinajstić information content (AvgIpc) is 3.22. The number of nitrogens with one attached hydrogen (secondary N) is 1. The summed E-state index contributed by atoms with van der Waals surface area (Å²) in [6.07, 6.45) is -1.74. The van der Waals surface area contributed by atoms with Crippen LogP contribution in [0.5, 0.6) is 5.75 Å². The van der Waals surface area contributed by atoms with E-state index in [9.17, 15) is 23.7 Å². The highest BCUT2D eigenvalue weighted by atomic mass is 19.3. The summed E-state index contributed by atoms with van der Waals surface area (Å²) < 4.78 is 33.3. The van der Waals surface area contributed by atoms with Crippen molar-refractivity contribution in [1.82, 2.24) is 14.6 Å². The van der Waals surface area contributed by atoms with Crippen LogP contribution in [0.25, 0.3) is 16.9 Å². The zero-order valence-electron chi connectivity index (χ0n) is 16.5. The van der Waals surface area contributed by atoms with Gasteiger partial charge in [-0.3, -0.25) is 14.9 Å². The second-order valence-corrected chi connectivity index (χ2v) is 6.66. The van der Waals surface area contributed by atoms with Gasteiger partial charge in [-0.1, -0.05) is 30.3 Å². The molecule has 0 aliphatic heterocycles. The topological polar surface area (TPSA) is 112 Å². The van der Waals surface area contributed by atoms with Gasteiger partial charge in [-0.15, -0.1) is 0 Å². The van der Waals surface area contributed by atoms with Gasteiger partial charge < -0.3 is 10.1 Å². The molecule has 0 aliphatic rings. The lowest BCUT2D eigenvalue weighted by molar-refractivity contribution is -0.384. The Morgan fingerprint density at radius 2 is 1.94 bits per heavy atom. The van der Waals surface area contributed by atoms with E-state index in [4.69, 9.17) is 4.74 Å². The van der Waals surface area contributed by atoms with Gasteiger partial charge in [-0.05, 0) is 6.07 Å². The maximum absolute atomic E-state index is 13.7. The Morgan fingerprint density at radius 1 is 1.19 bits per heavy atom. The van der Waals surface area contributed by atoms with Crippen LogP contribution in [-0.2, 0) is 0 Å². The number of alkyl halides is 2. The number of aromatic nitrogens is 3. The Labute approximate surface area is 179 Å². The number of nitrogens with zero attached hydrogens (tertiary/aromatic N) is 4. The SMILES string of the molecule is COc1cc(NC(=O)c2cnn3c(C(F)F)cc(-c4ccccc4)nc23)cc([N+](=O)[O-])c1. The maximum Gasteiger partial charge on any atom is 0.280 e. The van der Waals surface area contributed by atoms with Gasteiger partial charge in [-0.25, -0.2) is 18.3 Å². The fourth-order valence-electron chi connectivity index (χ4n) is 3.14. The maximum atomic E-state index is 13.7. The van der Waals surface area contributed by atoms with Gasteiger partial charge >= 0.3 is 0 Å². The number of halogens is 2. The molecule has 2 aromatic carbocycles. The molecule has 4 aromatic rings. The quantitative estimate of drug-likeness (QED) is 0.350. The Hall–Kier alpha value is -4.41. The van der Waals surface area contributed by atoms with Gasteiger partial charge in [0.15, 0.2) is 5.65 Å². The van der Waals surface area contributed by atoms with E-state index in [0.29, 0.717) is 5.56 Å². The number of methoxy groups -OCH3 is 1. The molecule has 2 heterocycles. The number of nitro benzene ring substituents is 1. The summed E-state index contributed by atoms with van der Waals surface area (Å²) >= 11 is 0. The number of carbonyl (C=O) groups is 1. The van der Waals surface area contributed by atoms with Gasteiger partial charge in [0, 0.05) is 17.7 Å². The van der Waals surface area contributed by atoms with E-state index in [1.165, 1.54) is 25.3 Å². The molecular weight excluding hydrogens is 424 g/mol. The number of fused-ring (bicyclic) bond motifs is 1. The predicted molar refractivity (Wildman–Crippen MR) is 111 cm³/mol. The minimum Gasteiger partial charge on any atom is -0.496 e. The third-order valence-corrected chi connectivity index (χ3v) is 4.63. The van der Waals surface area contributed by atoms with Crippen LogP contribution < -0.4 is 10.1 Å². The van der Waals surface area contributed by atoms with Gasteiger partial charge in [0.05, 0.1) is 35.7 Å². The molecule has 0 aliphatic carbocycles. The molecule has 1 amide bonds. The molecular formula is C21H15F2N5O4. The van der Waals surface area contributed by atoms with Crippen LogP contribution in [0.1, 0.15) is 22.5 Å². The number of amides is 1. The van der Waals surface area contributed by atoms with Crippen molar-refractivity contribution in [2.24, 2.45) is 0 Å². The van der Waals surface area contributed by atoms with Crippen molar-refractivity contribution in [2.45, 2.75) is 6.43 Å². The van der Waals surface area contributed by atoms with Crippen molar-refractivity contribution < 1.29 is 23.2 Å². The van der Waals surface area contributed by atoms with Crippen LogP contribution >= 0.6 is 0 Å². The molecule has 2 aromatic heterocycles. The number of hydrogen-bond acceptors (Lipinski definition) is 6. The molecule has 0 atom stereocenters. The second kappa shape index (κ2) is 8.38. The van der Waals surface area contributed by atoms with Crippen molar-refractivity contribution in [3.63, 3.8) is 0 Å². The number of non-ortho nitro benzene ring substituents is 1.